The first-order valence-electron chi connectivity index (χ1n) is 9.70. The first-order valence-corrected chi connectivity index (χ1v) is 9.70. The van der Waals surface area contributed by atoms with Crippen LogP contribution in [0, 0.1) is 0 Å². The number of nitrogens with one attached hydrogen (secondary N) is 1. The molecule has 1 unspecified atom stereocenters. The summed E-state index contributed by atoms with van der Waals surface area (Å²) < 4.78 is 43.7. The lowest BCUT2D eigenvalue weighted by molar-refractivity contribution is -0.137. The fourth-order valence-electron chi connectivity index (χ4n) is 3.16. The molecule has 1 N–H and O–H groups in total. The van der Waals surface area contributed by atoms with Gasteiger partial charge in [-0.2, -0.15) is 13.2 Å². The highest BCUT2D eigenvalue weighted by atomic mass is 19.4. The zero-order valence-corrected chi connectivity index (χ0v) is 17.2. The fraction of sp³-hybridized carbons (Fsp3) is 0.208. The van der Waals surface area contributed by atoms with E-state index in [2.05, 4.69) is 5.32 Å². The van der Waals surface area contributed by atoms with Gasteiger partial charge in [0.05, 0.1) is 18.7 Å². The van der Waals surface area contributed by atoms with E-state index in [9.17, 15) is 18.0 Å². The Balaban J connectivity index is 1.84. The van der Waals surface area contributed by atoms with Crippen LogP contribution >= 0.6 is 0 Å². The third kappa shape index (κ3) is 5.78. The first kappa shape index (κ1) is 22.2. The van der Waals surface area contributed by atoms with E-state index in [0.717, 1.165) is 17.7 Å². The van der Waals surface area contributed by atoms with Crippen LogP contribution in [0.4, 0.5) is 23.7 Å². The molecule has 0 spiro atoms. The van der Waals surface area contributed by atoms with Crippen molar-refractivity contribution in [1.82, 2.24) is 4.90 Å². The van der Waals surface area contributed by atoms with Crippen LogP contribution in [0.25, 0.3) is 0 Å². The molecule has 0 heterocycles. The van der Waals surface area contributed by atoms with Gasteiger partial charge < -0.3 is 15.0 Å². The molecular formula is C24H23F3N2O2. The molecule has 4 nitrogen and oxygen atoms in total. The fourth-order valence-corrected chi connectivity index (χ4v) is 3.16. The van der Waals surface area contributed by atoms with Crippen LogP contribution in [-0.2, 0) is 12.7 Å². The number of nitrogens with zero attached hydrogens (tertiary/aromatic N) is 1. The molecule has 0 aromatic heterocycles. The van der Waals surface area contributed by atoms with Crippen molar-refractivity contribution in [3.05, 3.63) is 95.6 Å². The summed E-state index contributed by atoms with van der Waals surface area (Å²) in [6.07, 6.45) is -4.40. The maximum Gasteiger partial charge on any atom is 0.416 e. The van der Waals surface area contributed by atoms with E-state index in [1.165, 1.54) is 12.1 Å². The Bertz CT molecular complexity index is 988. The summed E-state index contributed by atoms with van der Waals surface area (Å²) in [5.74, 6) is 0.664. The summed E-state index contributed by atoms with van der Waals surface area (Å²) in [7, 11) is 1.56. The molecule has 3 aromatic carbocycles. The van der Waals surface area contributed by atoms with Gasteiger partial charge in [-0.05, 0) is 54.4 Å². The number of carbonyl (C=O) groups excluding carboxylic acids is 1. The predicted molar refractivity (Wildman–Crippen MR) is 114 cm³/mol. The number of anilines is 1. The molecule has 0 fully saturated rings. The lowest BCUT2D eigenvalue weighted by Crippen LogP contribution is -2.36. The SMILES string of the molecule is COc1ccc(NC(=O)N(Cc2ccc(C(F)(F)F)cc2)C(C)c2ccccc2)cc1. The Morgan fingerprint density at radius 1 is 0.968 bits per heavy atom. The minimum absolute atomic E-state index is 0.149. The van der Waals surface area contributed by atoms with Crippen LogP contribution in [0.15, 0.2) is 78.9 Å². The second kappa shape index (κ2) is 9.55. The summed E-state index contributed by atoms with van der Waals surface area (Å²) in [5, 5.41) is 2.85. The number of benzene rings is 3. The number of halogens is 3. The van der Waals surface area contributed by atoms with Crippen molar-refractivity contribution in [3.63, 3.8) is 0 Å². The molecule has 3 aromatic rings. The molecule has 31 heavy (non-hydrogen) atoms. The number of methoxy groups -OCH3 is 1. The van der Waals surface area contributed by atoms with Crippen molar-refractivity contribution < 1.29 is 22.7 Å². The quantitative estimate of drug-likeness (QED) is 0.486. The molecule has 2 amide bonds. The monoisotopic (exact) mass is 428 g/mol. The second-order valence-electron chi connectivity index (χ2n) is 7.07. The highest BCUT2D eigenvalue weighted by molar-refractivity contribution is 5.89. The van der Waals surface area contributed by atoms with Gasteiger partial charge in [-0.1, -0.05) is 42.5 Å². The molecule has 3 rings (SSSR count). The molecule has 0 saturated carbocycles. The Labute approximate surface area is 179 Å². The largest absolute Gasteiger partial charge is 0.497 e. The van der Waals surface area contributed by atoms with E-state index in [4.69, 9.17) is 4.74 Å². The third-order valence-electron chi connectivity index (χ3n) is 4.99. The molecule has 7 heteroatoms. The van der Waals surface area contributed by atoms with E-state index in [1.807, 2.05) is 37.3 Å². The van der Waals surface area contributed by atoms with Crippen LogP contribution in [0.1, 0.15) is 29.7 Å². The van der Waals surface area contributed by atoms with Gasteiger partial charge in [-0.3, -0.25) is 0 Å². The van der Waals surface area contributed by atoms with E-state index >= 15 is 0 Å². The lowest BCUT2D eigenvalue weighted by atomic mass is 10.1. The molecule has 0 aliphatic rings. The average molecular weight is 428 g/mol. The molecular weight excluding hydrogens is 405 g/mol. The topological polar surface area (TPSA) is 41.6 Å². The second-order valence-corrected chi connectivity index (χ2v) is 7.07. The van der Waals surface area contributed by atoms with Crippen molar-refractivity contribution in [2.75, 3.05) is 12.4 Å². The Kier molecular flexibility index (Phi) is 6.84. The van der Waals surface area contributed by atoms with Crippen molar-refractivity contribution in [2.24, 2.45) is 0 Å². The van der Waals surface area contributed by atoms with Crippen molar-refractivity contribution in [3.8, 4) is 5.75 Å². The van der Waals surface area contributed by atoms with Gasteiger partial charge in [-0.15, -0.1) is 0 Å². The van der Waals surface area contributed by atoms with Gasteiger partial charge in [0.1, 0.15) is 5.75 Å². The highest BCUT2D eigenvalue weighted by Crippen LogP contribution is 2.30. The molecule has 0 bridgehead atoms. The van der Waals surface area contributed by atoms with Crippen molar-refractivity contribution >= 4 is 11.7 Å². The molecule has 0 aliphatic heterocycles. The standard InChI is InChI=1S/C24H23F3N2O2/c1-17(19-6-4-3-5-7-19)29(16-18-8-10-20(11-9-18)24(25,26)27)23(30)28-21-12-14-22(31-2)15-13-21/h3-15,17H,16H2,1-2H3,(H,28,30). The number of hydrogen-bond donors (Lipinski definition) is 1. The van der Waals surface area contributed by atoms with E-state index in [1.54, 1.807) is 36.3 Å². The van der Waals surface area contributed by atoms with Crippen LogP contribution in [0.5, 0.6) is 5.75 Å². The van der Waals surface area contributed by atoms with E-state index < -0.39 is 11.7 Å². The van der Waals surface area contributed by atoms with Crippen LogP contribution in [0.2, 0.25) is 0 Å². The third-order valence-corrected chi connectivity index (χ3v) is 4.99. The maximum atomic E-state index is 13.1. The highest BCUT2D eigenvalue weighted by Gasteiger charge is 2.30. The van der Waals surface area contributed by atoms with Gasteiger partial charge in [0, 0.05) is 12.2 Å². The lowest BCUT2D eigenvalue weighted by Gasteiger charge is -2.30. The summed E-state index contributed by atoms with van der Waals surface area (Å²) in [6, 6.07) is 20.6. The smallest absolute Gasteiger partial charge is 0.416 e. The average Bonchev–Trinajstić information content (AvgIpc) is 2.78. The summed E-state index contributed by atoms with van der Waals surface area (Å²) in [5.41, 5.74) is 1.38. The number of alkyl halides is 3. The summed E-state index contributed by atoms with van der Waals surface area (Å²) >= 11 is 0. The van der Waals surface area contributed by atoms with E-state index in [0.29, 0.717) is 17.0 Å². The van der Waals surface area contributed by atoms with Gasteiger partial charge in [0.15, 0.2) is 0 Å². The number of rotatable bonds is 6. The Morgan fingerprint density at radius 2 is 1.58 bits per heavy atom. The molecule has 1 atom stereocenters. The normalized spacial score (nSPS) is 12.2. The number of amides is 2. The van der Waals surface area contributed by atoms with Crippen LogP contribution < -0.4 is 10.1 Å². The van der Waals surface area contributed by atoms with Gasteiger partial charge in [0.25, 0.3) is 0 Å². The zero-order chi connectivity index (χ0) is 22.4. The Hall–Kier alpha value is -3.48. The van der Waals surface area contributed by atoms with Gasteiger partial charge >= 0.3 is 12.2 Å². The minimum Gasteiger partial charge on any atom is -0.497 e. The van der Waals surface area contributed by atoms with Gasteiger partial charge in [-0.25, -0.2) is 4.79 Å². The number of ether oxygens (including phenoxy) is 1. The molecule has 162 valence electrons. The first-order chi connectivity index (χ1) is 14.8. The van der Waals surface area contributed by atoms with Crippen molar-refractivity contribution in [2.45, 2.75) is 25.7 Å². The number of hydrogen-bond acceptors (Lipinski definition) is 2. The predicted octanol–water partition coefficient (Wildman–Crippen LogP) is 6.51. The summed E-state index contributed by atoms with van der Waals surface area (Å²) in [6.45, 7) is 2.03. The van der Waals surface area contributed by atoms with Crippen molar-refractivity contribution in [1.29, 1.82) is 0 Å². The number of urea groups is 1. The van der Waals surface area contributed by atoms with E-state index in [-0.39, 0.29) is 18.6 Å². The van der Waals surface area contributed by atoms with Crippen LogP contribution in [0.3, 0.4) is 0 Å². The maximum absolute atomic E-state index is 13.1. The Morgan fingerprint density at radius 3 is 2.13 bits per heavy atom. The number of carbonyl (C=O) groups is 1. The molecule has 0 aliphatic carbocycles. The molecule has 0 radical (unpaired) electrons. The van der Waals surface area contributed by atoms with Gasteiger partial charge in [0.2, 0.25) is 0 Å². The summed E-state index contributed by atoms with van der Waals surface area (Å²) in [4.78, 5) is 14.7. The van der Waals surface area contributed by atoms with Crippen LogP contribution in [-0.4, -0.2) is 18.0 Å². The zero-order valence-electron chi connectivity index (χ0n) is 17.2. The minimum atomic E-state index is -4.40. The molecule has 0 saturated heterocycles.